The summed E-state index contributed by atoms with van der Waals surface area (Å²) in [6, 6.07) is 11.2. The minimum Gasteiger partial charge on any atom is -0.375 e. The van der Waals surface area contributed by atoms with Gasteiger partial charge in [0.05, 0.1) is 0 Å². The molecule has 17 heavy (non-hydrogen) atoms. The minimum absolute atomic E-state index is 0.639. The first-order chi connectivity index (χ1) is 8.25. The molecule has 0 amide bonds. The average Bonchev–Trinajstić information content (AvgIpc) is 2.37. The smallest absolute Gasteiger partial charge is 0.0363 e. The van der Waals surface area contributed by atoms with E-state index in [0.717, 1.165) is 13.1 Å². The molecule has 1 aliphatic heterocycles. The van der Waals surface area contributed by atoms with E-state index in [1.807, 2.05) is 0 Å². The zero-order valence-electron chi connectivity index (χ0n) is 10.9. The molecule has 0 aromatic heterocycles. The fourth-order valence-corrected chi connectivity index (χ4v) is 2.35. The van der Waals surface area contributed by atoms with Gasteiger partial charge >= 0.3 is 0 Å². The number of nitrogens with one attached hydrogen (secondary N) is 1. The summed E-state index contributed by atoms with van der Waals surface area (Å²) in [7, 11) is 4.37. The normalized spacial score (nSPS) is 21.4. The third-order valence-electron chi connectivity index (χ3n) is 3.47. The molecular formula is C14H23N3. The zero-order valence-corrected chi connectivity index (χ0v) is 10.9. The van der Waals surface area contributed by atoms with Gasteiger partial charge in [-0.2, -0.15) is 0 Å². The monoisotopic (exact) mass is 233 g/mol. The summed E-state index contributed by atoms with van der Waals surface area (Å²) in [4.78, 5) is 4.74. The molecule has 3 nitrogen and oxygen atoms in total. The van der Waals surface area contributed by atoms with Crippen LogP contribution < -0.4 is 10.2 Å². The number of hydrogen-bond acceptors (Lipinski definition) is 3. The summed E-state index contributed by atoms with van der Waals surface area (Å²) >= 11 is 0. The molecule has 1 unspecified atom stereocenters. The van der Waals surface area contributed by atoms with Gasteiger partial charge in [-0.1, -0.05) is 18.2 Å². The molecular weight excluding hydrogens is 210 g/mol. The number of piperazine rings is 1. The van der Waals surface area contributed by atoms with E-state index < -0.39 is 0 Å². The second-order valence-corrected chi connectivity index (χ2v) is 4.96. The largest absolute Gasteiger partial charge is 0.375 e. The summed E-state index contributed by atoms with van der Waals surface area (Å²) in [6.45, 7) is 4.57. The van der Waals surface area contributed by atoms with Gasteiger partial charge in [0.25, 0.3) is 0 Å². The second kappa shape index (κ2) is 6.03. The van der Waals surface area contributed by atoms with Crippen molar-refractivity contribution in [2.75, 3.05) is 45.2 Å². The van der Waals surface area contributed by atoms with Crippen LogP contribution in [0.4, 0.5) is 5.69 Å². The number of likely N-dealkylation sites (N-methyl/N-ethyl adjacent to an activating group) is 1. The first kappa shape index (κ1) is 12.4. The fourth-order valence-electron chi connectivity index (χ4n) is 2.35. The van der Waals surface area contributed by atoms with Crippen molar-refractivity contribution in [2.24, 2.45) is 0 Å². The average molecular weight is 233 g/mol. The maximum absolute atomic E-state index is 3.59. The highest BCUT2D eigenvalue weighted by Crippen LogP contribution is 2.12. The van der Waals surface area contributed by atoms with Gasteiger partial charge in [0.15, 0.2) is 0 Å². The van der Waals surface area contributed by atoms with Crippen molar-refractivity contribution in [3.05, 3.63) is 30.3 Å². The van der Waals surface area contributed by atoms with Crippen molar-refractivity contribution >= 4 is 5.69 Å². The fraction of sp³-hybridized carbons (Fsp3) is 0.571. The van der Waals surface area contributed by atoms with Crippen molar-refractivity contribution in [1.29, 1.82) is 0 Å². The molecule has 0 saturated carbocycles. The van der Waals surface area contributed by atoms with Crippen molar-refractivity contribution in [3.8, 4) is 0 Å². The molecule has 1 aromatic carbocycles. The Morgan fingerprint density at radius 3 is 2.82 bits per heavy atom. The van der Waals surface area contributed by atoms with Crippen LogP contribution in [0, 0.1) is 0 Å². The Morgan fingerprint density at radius 2 is 2.12 bits per heavy atom. The highest BCUT2D eigenvalue weighted by molar-refractivity contribution is 5.44. The highest BCUT2D eigenvalue weighted by atomic mass is 15.2. The van der Waals surface area contributed by atoms with E-state index in [9.17, 15) is 0 Å². The quantitative estimate of drug-likeness (QED) is 0.848. The number of benzene rings is 1. The number of rotatable bonds is 4. The van der Waals surface area contributed by atoms with Crippen LogP contribution in [0.15, 0.2) is 30.3 Å². The van der Waals surface area contributed by atoms with E-state index in [2.05, 4.69) is 59.5 Å². The summed E-state index contributed by atoms with van der Waals surface area (Å²) in [6.07, 6.45) is 1.20. The third kappa shape index (κ3) is 3.72. The summed E-state index contributed by atoms with van der Waals surface area (Å²) in [5.74, 6) is 0. The molecule has 2 rings (SSSR count). The molecule has 1 aliphatic rings. The molecule has 0 radical (unpaired) electrons. The van der Waals surface area contributed by atoms with Gasteiger partial charge in [-0.25, -0.2) is 0 Å². The lowest BCUT2D eigenvalue weighted by Crippen LogP contribution is -2.49. The van der Waals surface area contributed by atoms with Gasteiger partial charge in [-0.3, -0.25) is 0 Å². The molecule has 1 fully saturated rings. The van der Waals surface area contributed by atoms with Crippen LogP contribution in [0.3, 0.4) is 0 Å². The molecule has 0 aliphatic carbocycles. The topological polar surface area (TPSA) is 18.5 Å². The molecule has 0 bridgehead atoms. The van der Waals surface area contributed by atoms with Crippen molar-refractivity contribution in [1.82, 2.24) is 10.2 Å². The van der Waals surface area contributed by atoms with Crippen molar-refractivity contribution in [3.63, 3.8) is 0 Å². The van der Waals surface area contributed by atoms with Gasteiger partial charge in [-0.05, 0) is 25.6 Å². The highest BCUT2D eigenvalue weighted by Gasteiger charge is 2.16. The summed E-state index contributed by atoms with van der Waals surface area (Å²) in [5.41, 5.74) is 1.30. The molecule has 1 N–H and O–H groups in total. The number of para-hydroxylation sites is 1. The molecule has 3 heteroatoms. The van der Waals surface area contributed by atoms with Crippen LogP contribution in [0.1, 0.15) is 6.42 Å². The Balaban J connectivity index is 1.78. The van der Waals surface area contributed by atoms with Gasteiger partial charge in [0, 0.05) is 45.0 Å². The van der Waals surface area contributed by atoms with E-state index >= 15 is 0 Å². The van der Waals surface area contributed by atoms with E-state index in [-0.39, 0.29) is 0 Å². The van der Waals surface area contributed by atoms with E-state index in [1.165, 1.54) is 25.2 Å². The van der Waals surface area contributed by atoms with Crippen LogP contribution in [-0.4, -0.2) is 51.2 Å². The standard InChI is InChI=1S/C14H23N3/c1-16-11-9-15-13(12-16)8-10-17(2)14-6-4-3-5-7-14/h3-7,13,15H,8-12H2,1-2H3. The molecule has 94 valence electrons. The van der Waals surface area contributed by atoms with Crippen molar-refractivity contribution < 1.29 is 0 Å². The van der Waals surface area contributed by atoms with Gasteiger partial charge < -0.3 is 15.1 Å². The lowest BCUT2D eigenvalue weighted by atomic mass is 10.1. The second-order valence-electron chi connectivity index (χ2n) is 4.96. The third-order valence-corrected chi connectivity index (χ3v) is 3.47. The summed E-state index contributed by atoms with van der Waals surface area (Å²) < 4.78 is 0. The van der Waals surface area contributed by atoms with Crippen LogP contribution in [-0.2, 0) is 0 Å². The first-order valence-corrected chi connectivity index (χ1v) is 6.44. The number of nitrogens with zero attached hydrogens (tertiary/aromatic N) is 2. The van der Waals surface area contributed by atoms with Gasteiger partial charge in [0.1, 0.15) is 0 Å². The maximum Gasteiger partial charge on any atom is 0.0363 e. The minimum atomic E-state index is 0.639. The zero-order chi connectivity index (χ0) is 12.1. The van der Waals surface area contributed by atoms with Gasteiger partial charge in [0.2, 0.25) is 0 Å². The number of anilines is 1. The van der Waals surface area contributed by atoms with Crippen molar-refractivity contribution in [2.45, 2.75) is 12.5 Å². The van der Waals surface area contributed by atoms with E-state index in [0.29, 0.717) is 6.04 Å². The molecule has 1 aromatic rings. The predicted molar refractivity (Wildman–Crippen MR) is 73.6 cm³/mol. The maximum atomic E-state index is 3.59. The van der Waals surface area contributed by atoms with E-state index in [1.54, 1.807) is 0 Å². The number of hydrogen-bond donors (Lipinski definition) is 1. The predicted octanol–water partition coefficient (Wildman–Crippen LogP) is 1.42. The Morgan fingerprint density at radius 1 is 1.35 bits per heavy atom. The van der Waals surface area contributed by atoms with Crippen LogP contribution >= 0.6 is 0 Å². The van der Waals surface area contributed by atoms with Crippen LogP contribution in [0.5, 0.6) is 0 Å². The Hall–Kier alpha value is -1.06. The Labute approximate surface area is 104 Å². The van der Waals surface area contributed by atoms with Crippen LogP contribution in [0.25, 0.3) is 0 Å². The molecule has 1 heterocycles. The Kier molecular flexibility index (Phi) is 4.40. The molecule has 0 spiro atoms. The van der Waals surface area contributed by atoms with Gasteiger partial charge in [-0.15, -0.1) is 0 Å². The SMILES string of the molecule is CN1CCNC(CCN(C)c2ccccc2)C1. The van der Waals surface area contributed by atoms with Crippen LogP contribution in [0.2, 0.25) is 0 Å². The van der Waals surface area contributed by atoms with E-state index in [4.69, 9.17) is 0 Å². The lowest BCUT2D eigenvalue weighted by molar-refractivity contribution is 0.233. The Bertz CT molecular complexity index is 325. The molecule has 1 saturated heterocycles. The molecule has 1 atom stereocenters. The summed E-state index contributed by atoms with van der Waals surface area (Å²) in [5, 5.41) is 3.59. The first-order valence-electron chi connectivity index (χ1n) is 6.44. The lowest BCUT2D eigenvalue weighted by Gasteiger charge is -2.32.